The van der Waals surface area contributed by atoms with Crippen molar-refractivity contribution in [2.24, 2.45) is 4.99 Å². The molecule has 0 saturated carbocycles. The molecule has 0 unspecified atom stereocenters. The number of pyridine rings is 1. The van der Waals surface area contributed by atoms with Crippen LogP contribution in [0, 0.1) is 13.8 Å². The Kier molecular flexibility index (Phi) is 4.09. The number of aliphatic imine (C=N–C) groups is 1. The second kappa shape index (κ2) is 6.04. The van der Waals surface area contributed by atoms with E-state index in [9.17, 15) is 4.79 Å². The summed E-state index contributed by atoms with van der Waals surface area (Å²) >= 11 is 1.41. The first-order valence-corrected chi connectivity index (χ1v) is 8.08. The largest absolute Gasteiger partial charge is 0.316 e. The lowest BCUT2D eigenvalue weighted by molar-refractivity contribution is -0.121. The Bertz CT molecular complexity index is 821. The fraction of sp³-hybridized carbons (Fsp3) is 0.235. The normalized spacial score (nSPS) is 18.4. The standard InChI is InChI=1S/C17H18N4OS/c1-11-8-13(9-15-16(22)20(4)17(18-3)23-15)12(2)21(11)14-6-5-7-19-10-14/h5-10H,1-4H3/b15-9-,18-17?. The highest BCUT2D eigenvalue weighted by atomic mass is 32.2. The number of carbonyl (C=O) groups excluding carboxylic acids is 1. The van der Waals surface area contributed by atoms with Crippen LogP contribution in [0.3, 0.4) is 0 Å². The summed E-state index contributed by atoms with van der Waals surface area (Å²) in [7, 11) is 3.45. The molecule has 0 N–H and O–H groups in total. The van der Waals surface area contributed by atoms with Crippen molar-refractivity contribution in [2.45, 2.75) is 13.8 Å². The van der Waals surface area contributed by atoms with Crippen LogP contribution in [-0.2, 0) is 4.79 Å². The van der Waals surface area contributed by atoms with Crippen LogP contribution in [0.5, 0.6) is 0 Å². The van der Waals surface area contributed by atoms with Gasteiger partial charge in [-0.3, -0.25) is 19.7 Å². The van der Waals surface area contributed by atoms with Gasteiger partial charge < -0.3 is 4.57 Å². The van der Waals surface area contributed by atoms with Crippen LogP contribution in [0.2, 0.25) is 0 Å². The molecule has 6 heteroatoms. The number of thioether (sulfide) groups is 1. The van der Waals surface area contributed by atoms with Gasteiger partial charge >= 0.3 is 0 Å². The van der Waals surface area contributed by atoms with Crippen molar-refractivity contribution in [3.05, 3.63) is 52.4 Å². The van der Waals surface area contributed by atoms with E-state index in [2.05, 4.69) is 34.5 Å². The average Bonchev–Trinajstić information content (AvgIpc) is 2.99. The zero-order valence-corrected chi connectivity index (χ0v) is 14.4. The van der Waals surface area contributed by atoms with Gasteiger partial charge in [-0.05, 0) is 55.4 Å². The van der Waals surface area contributed by atoms with Gasteiger partial charge in [-0.2, -0.15) is 0 Å². The van der Waals surface area contributed by atoms with E-state index in [-0.39, 0.29) is 5.91 Å². The quantitative estimate of drug-likeness (QED) is 0.797. The summed E-state index contributed by atoms with van der Waals surface area (Å²) in [5.74, 6) is -0.0122. The Morgan fingerprint density at radius 1 is 1.35 bits per heavy atom. The molecule has 3 rings (SSSR count). The fourth-order valence-corrected chi connectivity index (χ4v) is 3.63. The van der Waals surface area contributed by atoms with Crippen molar-refractivity contribution < 1.29 is 4.79 Å². The van der Waals surface area contributed by atoms with E-state index >= 15 is 0 Å². The number of nitrogens with zero attached hydrogens (tertiary/aromatic N) is 4. The Labute approximate surface area is 139 Å². The van der Waals surface area contributed by atoms with Gasteiger partial charge in [0, 0.05) is 31.7 Å². The molecule has 118 valence electrons. The van der Waals surface area contributed by atoms with E-state index in [0.717, 1.165) is 27.8 Å². The molecule has 1 amide bonds. The van der Waals surface area contributed by atoms with Crippen molar-refractivity contribution in [3.63, 3.8) is 0 Å². The van der Waals surface area contributed by atoms with E-state index in [0.29, 0.717) is 4.91 Å². The second-order valence-electron chi connectivity index (χ2n) is 5.35. The van der Waals surface area contributed by atoms with Crippen molar-refractivity contribution in [1.82, 2.24) is 14.5 Å². The van der Waals surface area contributed by atoms with E-state index < -0.39 is 0 Å². The molecule has 0 radical (unpaired) electrons. The van der Waals surface area contributed by atoms with Crippen molar-refractivity contribution in [3.8, 4) is 5.69 Å². The van der Waals surface area contributed by atoms with Crippen LogP contribution < -0.4 is 0 Å². The maximum atomic E-state index is 12.3. The van der Waals surface area contributed by atoms with Gasteiger partial charge in [-0.1, -0.05) is 0 Å². The first-order chi connectivity index (χ1) is 11.0. The first-order valence-electron chi connectivity index (χ1n) is 7.26. The second-order valence-corrected chi connectivity index (χ2v) is 6.36. The molecular formula is C17H18N4OS. The third kappa shape index (κ3) is 2.70. The van der Waals surface area contributed by atoms with Gasteiger partial charge in [0.15, 0.2) is 5.17 Å². The van der Waals surface area contributed by atoms with E-state index in [4.69, 9.17) is 0 Å². The highest BCUT2D eigenvalue weighted by Gasteiger charge is 2.30. The summed E-state index contributed by atoms with van der Waals surface area (Å²) in [4.78, 5) is 22.9. The highest BCUT2D eigenvalue weighted by molar-refractivity contribution is 8.18. The molecule has 23 heavy (non-hydrogen) atoms. The lowest BCUT2D eigenvalue weighted by Crippen LogP contribution is -2.23. The molecule has 5 nitrogen and oxygen atoms in total. The molecule has 0 atom stereocenters. The predicted molar refractivity (Wildman–Crippen MR) is 94.7 cm³/mol. The number of carbonyl (C=O) groups is 1. The predicted octanol–water partition coefficient (Wildman–Crippen LogP) is 3.02. The molecule has 1 saturated heterocycles. The lowest BCUT2D eigenvalue weighted by atomic mass is 10.2. The minimum atomic E-state index is -0.0122. The topological polar surface area (TPSA) is 50.5 Å². The van der Waals surface area contributed by atoms with Crippen LogP contribution in [-0.4, -0.2) is 39.6 Å². The molecule has 0 aliphatic carbocycles. The minimum absolute atomic E-state index is 0.0122. The number of amides is 1. The average molecular weight is 326 g/mol. The SMILES string of the molecule is CN=C1S/C(=C\c2cc(C)n(-c3cccnc3)c2C)C(=O)N1C. The molecule has 0 aromatic carbocycles. The van der Waals surface area contributed by atoms with Crippen molar-refractivity contribution >= 4 is 28.9 Å². The molecule has 2 aromatic heterocycles. The highest BCUT2D eigenvalue weighted by Crippen LogP contribution is 2.32. The number of aromatic nitrogens is 2. The number of rotatable bonds is 2. The van der Waals surface area contributed by atoms with Crippen LogP contribution in [0.25, 0.3) is 11.8 Å². The summed E-state index contributed by atoms with van der Waals surface area (Å²) in [6.07, 6.45) is 5.54. The van der Waals surface area contributed by atoms with Crippen molar-refractivity contribution in [1.29, 1.82) is 0 Å². The molecule has 1 aliphatic heterocycles. The number of hydrogen-bond acceptors (Lipinski definition) is 4. The van der Waals surface area contributed by atoms with Crippen LogP contribution >= 0.6 is 11.8 Å². The molecule has 1 fully saturated rings. The van der Waals surface area contributed by atoms with Gasteiger partial charge in [0.05, 0.1) is 16.8 Å². The first kappa shape index (κ1) is 15.6. The summed E-state index contributed by atoms with van der Waals surface area (Å²) in [6, 6.07) is 6.03. The zero-order valence-electron chi connectivity index (χ0n) is 13.6. The Balaban J connectivity index is 2.03. The van der Waals surface area contributed by atoms with Gasteiger partial charge in [-0.15, -0.1) is 0 Å². The molecule has 1 aliphatic rings. The van der Waals surface area contributed by atoms with Gasteiger partial charge in [0.25, 0.3) is 5.91 Å². The Morgan fingerprint density at radius 3 is 2.74 bits per heavy atom. The molecular weight excluding hydrogens is 308 g/mol. The lowest BCUT2D eigenvalue weighted by Gasteiger charge is -2.08. The van der Waals surface area contributed by atoms with E-state index in [1.807, 2.05) is 24.4 Å². The number of likely N-dealkylation sites (N-methyl/N-ethyl adjacent to an activating group) is 1. The maximum absolute atomic E-state index is 12.3. The molecule has 0 bridgehead atoms. The molecule has 3 heterocycles. The maximum Gasteiger partial charge on any atom is 0.266 e. The minimum Gasteiger partial charge on any atom is -0.316 e. The Hall–Kier alpha value is -2.34. The number of amidine groups is 1. The van der Waals surface area contributed by atoms with Gasteiger partial charge in [0.1, 0.15) is 0 Å². The van der Waals surface area contributed by atoms with Crippen molar-refractivity contribution in [2.75, 3.05) is 14.1 Å². The van der Waals surface area contributed by atoms with Gasteiger partial charge in [0.2, 0.25) is 0 Å². The van der Waals surface area contributed by atoms with Crippen LogP contribution in [0.15, 0.2) is 40.5 Å². The zero-order chi connectivity index (χ0) is 16.6. The van der Waals surface area contributed by atoms with E-state index in [1.165, 1.54) is 11.8 Å². The summed E-state index contributed by atoms with van der Waals surface area (Å²) < 4.78 is 2.14. The number of aryl methyl sites for hydroxylation is 1. The summed E-state index contributed by atoms with van der Waals surface area (Å²) in [6.45, 7) is 4.10. The van der Waals surface area contributed by atoms with Gasteiger partial charge in [-0.25, -0.2) is 0 Å². The fourth-order valence-electron chi connectivity index (χ4n) is 2.71. The molecule has 0 spiro atoms. The third-order valence-corrected chi connectivity index (χ3v) is 5.01. The Morgan fingerprint density at radius 2 is 2.13 bits per heavy atom. The molecule has 2 aromatic rings. The monoisotopic (exact) mass is 326 g/mol. The van der Waals surface area contributed by atoms with Crippen LogP contribution in [0.4, 0.5) is 0 Å². The summed E-state index contributed by atoms with van der Waals surface area (Å²) in [5, 5.41) is 0.724. The van der Waals surface area contributed by atoms with Crippen LogP contribution in [0.1, 0.15) is 17.0 Å². The van der Waals surface area contributed by atoms with E-state index in [1.54, 1.807) is 25.2 Å². The smallest absolute Gasteiger partial charge is 0.266 e. The number of hydrogen-bond donors (Lipinski definition) is 0. The summed E-state index contributed by atoms with van der Waals surface area (Å²) in [5.41, 5.74) is 4.25. The third-order valence-electron chi connectivity index (χ3n) is 3.86.